The van der Waals surface area contributed by atoms with E-state index in [9.17, 15) is 9.00 Å². The standard InChI is InChI=1S/C11H14N2O3S/c1-4-8-7(2)5-13-6-9(10(14)16-3)17(15)11(13)12-8/h6H,4-5H2,1-3H3. The second-order valence-electron chi connectivity index (χ2n) is 3.86. The normalized spacial score (nSPS) is 23.2. The van der Waals surface area contributed by atoms with E-state index in [1.807, 2.05) is 13.8 Å². The van der Waals surface area contributed by atoms with Gasteiger partial charge in [-0.2, -0.15) is 0 Å². The molecule has 92 valence electrons. The van der Waals surface area contributed by atoms with E-state index >= 15 is 0 Å². The third-order valence-electron chi connectivity index (χ3n) is 2.74. The van der Waals surface area contributed by atoms with Gasteiger partial charge in [0.1, 0.15) is 15.7 Å². The highest BCUT2D eigenvalue weighted by Gasteiger charge is 2.35. The first-order valence-electron chi connectivity index (χ1n) is 5.34. The summed E-state index contributed by atoms with van der Waals surface area (Å²) in [5.74, 6) is -0.559. The van der Waals surface area contributed by atoms with Gasteiger partial charge in [-0.25, -0.2) is 14.0 Å². The first-order chi connectivity index (χ1) is 8.08. The topological polar surface area (TPSA) is 59.0 Å². The van der Waals surface area contributed by atoms with Crippen molar-refractivity contribution in [2.75, 3.05) is 13.7 Å². The summed E-state index contributed by atoms with van der Waals surface area (Å²) in [6.45, 7) is 4.63. The quantitative estimate of drug-likeness (QED) is 0.693. The maximum atomic E-state index is 12.1. The van der Waals surface area contributed by atoms with Crippen molar-refractivity contribution in [1.29, 1.82) is 0 Å². The summed E-state index contributed by atoms with van der Waals surface area (Å²) in [7, 11) is -0.238. The van der Waals surface area contributed by atoms with E-state index in [0.717, 1.165) is 17.7 Å². The number of esters is 1. The average Bonchev–Trinajstić information content (AvgIpc) is 2.64. The Balaban J connectivity index is 2.35. The number of allylic oxidation sites excluding steroid dienone is 1. The zero-order valence-corrected chi connectivity index (χ0v) is 10.8. The fraction of sp³-hybridized carbons (Fsp3) is 0.455. The van der Waals surface area contributed by atoms with E-state index in [0.29, 0.717) is 11.7 Å². The molecule has 0 radical (unpaired) electrons. The molecule has 0 aliphatic carbocycles. The van der Waals surface area contributed by atoms with Gasteiger partial charge in [0.15, 0.2) is 0 Å². The number of rotatable bonds is 2. The van der Waals surface area contributed by atoms with Crippen molar-refractivity contribution in [3.8, 4) is 0 Å². The summed E-state index contributed by atoms with van der Waals surface area (Å²) < 4.78 is 16.7. The Hall–Kier alpha value is -1.43. The summed E-state index contributed by atoms with van der Waals surface area (Å²) in [5, 5.41) is 0.438. The second kappa shape index (κ2) is 4.44. The first-order valence-corrected chi connectivity index (χ1v) is 6.49. The van der Waals surface area contributed by atoms with E-state index in [4.69, 9.17) is 0 Å². The van der Waals surface area contributed by atoms with Gasteiger partial charge in [0, 0.05) is 18.4 Å². The van der Waals surface area contributed by atoms with Gasteiger partial charge >= 0.3 is 5.97 Å². The Morgan fingerprint density at radius 2 is 2.35 bits per heavy atom. The number of amidine groups is 1. The highest BCUT2D eigenvalue weighted by Crippen LogP contribution is 2.27. The SMILES string of the molecule is CCC1=C(C)CN2C=C(C(=O)OC)S(=O)C2=N1. The van der Waals surface area contributed by atoms with Crippen LogP contribution in [0.4, 0.5) is 0 Å². The molecule has 0 N–H and O–H groups in total. The minimum absolute atomic E-state index is 0.163. The Bertz CT molecular complexity index is 491. The molecule has 0 aromatic heterocycles. The molecule has 0 amide bonds. The van der Waals surface area contributed by atoms with Gasteiger partial charge in [0.25, 0.3) is 0 Å². The fourth-order valence-electron chi connectivity index (χ4n) is 1.84. The Kier molecular flexibility index (Phi) is 3.15. The molecule has 1 atom stereocenters. The molecule has 2 aliphatic heterocycles. The molecule has 2 rings (SSSR count). The van der Waals surface area contributed by atoms with Crippen LogP contribution in [0, 0.1) is 0 Å². The number of fused-ring (bicyclic) bond motifs is 1. The lowest BCUT2D eigenvalue weighted by Crippen LogP contribution is -2.29. The van der Waals surface area contributed by atoms with Crippen molar-refractivity contribution in [2.45, 2.75) is 20.3 Å². The number of hydrogen-bond donors (Lipinski definition) is 0. The number of nitrogens with zero attached hydrogens (tertiary/aromatic N) is 2. The fourth-order valence-corrected chi connectivity index (χ4v) is 3.01. The minimum Gasteiger partial charge on any atom is -0.465 e. The van der Waals surface area contributed by atoms with Crippen LogP contribution in [-0.2, 0) is 20.3 Å². The Labute approximate surface area is 102 Å². The second-order valence-corrected chi connectivity index (χ2v) is 5.20. The first kappa shape index (κ1) is 12.0. The predicted molar refractivity (Wildman–Crippen MR) is 65.4 cm³/mol. The summed E-state index contributed by atoms with van der Waals surface area (Å²) in [4.78, 5) is 17.7. The van der Waals surface area contributed by atoms with Gasteiger partial charge in [-0.15, -0.1) is 0 Å². The van der Waals surface area contributed by atoms with Crippen LogP contribution >= 0.6 is 0 Å². The largest absolute Gasteiger partial charge is 0.465 e. The van der Waals surface area contributed by atoms with E-state index in [1.54, 1.807) is 11.1 Å². The lowest BCUT2D eigenvalue weighted by atomic mass is 10.1. The van der Waals surface area contributed by atoms with Crippen LogP contribution in [0.15, 0.2) is 27.4 Å². The van der Waals surface area contributed by atoms with Crippen LogP contribution in [0.3, 0.4) is 0 Å². The van der Waals surface area contributed by atoms with Gasteiger partial charge in [-0.3, -0.25) is 0 Å². The van der Waals surface area contributed by atoms with Crippen LogP contribution in [0.5, 0.6) is 0 Å². The van der Waals surface area contributed by atoms with Gasteiger partial charge in [0.2, 0.25) is 5.17 Å². The average molecular weight is 254 g/mol. The summed E-state index contributed by atoms with van der Waals surface area (Å²) >= 11 is 0. The molecule has 0 saturated carbocycles. The number of hydrogen-bond acceptors (Lipinski definition) is 5. The summed E-state index contributed by atoms with van der Waals surface area (Å²) in [6, 6.07) is 0. The molecule has 2 heterocycles. The van der Waals surface area contributed by atoms with Crippen molar-refractivity contribution in [3.63, 3.8) is 0 Å². The van der Waals surface area contributed by atoms with E-state index in [-0.39, 0.29) is 4.91 Å². The summed E-state index contributed by atoms with van der Waals surface area (Å²) in [6.07, 6.45) is 2.37. The van der Waals surface area contributed by atoms with Crippen molar-refractivity contribution in [3.05, 3.63) is 22.4 Å². The smallest absolute Gasteiger partial charge is 0.348 e. The maximum absolute atomic E-state index is 12.1. The predicted octanol–water partition coefficient (Wildman–Crippen LogP) is 1.12. The molecule has 0 bridgehead atoms. The van der Waals surface area contributed by atoms with Crippen LogP contribution in [0.2, 0.25) is 0 Å². The van der Waals surface area contributed by atoms with Crippen LogP contribution in [-0.4, -0.2) is 33.9 Å². The maximum Gasteiger partial charge on any atom is 0.348 e. The lowest BCUT2D eigenvalue weighted by Gasteiger charge is -2.22. The molecule has 0 saturated heterocycles. The number of ether oxygens (including phenoxy) is 1. The van der Waals surface area contributed by atoms with Crippen molar-refractivity contribution in [1.82, 2.24) is 4.90 Å². The Morgan fingerprint density at radius 1 is 1.65 bits per heavy atom. The molecule has 17 heavy (non-hydrogen) atoms. The molecule has 5 nitrogen and oxygen atoms in total. The summed E-state index contributed by atoms with van der Waals surface area (Å²) in [5.41, 5.74) is 2.08. The van der Waals surface area contributed by atoms with Crippen LogP contribution in [0.25, 0.3) is 0 Å². The Morgan fingerprint density at radius 3 is 2.94 bits per heavy atom. The molecule has 2 aliphatic rings. The molecule has 0 aromatic rings. The van der Waals surface area contributed by atoms with Crippen molar-refractivity contribution in [2.24, 2.45) is 4.99 Å². The zero-order chi connectivity index (χ0) is 12.6. The highest BCUT2D eigenvalue weighted by molar-refractivity contribution is 8.05. The number of aliphatic imine (C=N–C) groups is 1. The van der Waals surface area contributed by atoms with E-state index < -0.39 is 16.8 Å². The van der Waals surface area contributed by atoms with Gasteiger partial charge in [0.05, 0.1) is 7.11 Å². The molecular formula is C11H14N2O3S. The molecular weight excluding hydrogens is 240 g/mol. The number of carbonyl (C=O) groups is 1. The van der Waals surface area contributed by atoms with Gasteiger partial charge in [-0.05, 0) is 18.9 Å². The lowest BCUT2D eigenvalue weighted by molar-refractivity contribution is -0.135. The molecule has 0 fully saturated rings. The van der Waals surface area contributed by atoms with Crippen molar-refractivity contribution < 1.29 is 13.7 Å². The molecule has 0 spiro atoms. The van der Waals surface area contributed by atoms with Crippen LogP contribution < -0.4 is 0 Å². The third-order valence-corrected chi connectivity index (χ3v) is 4.07. The molecule has 1 unspecified atom stereocenters. The van der Waals surface area contributed by atoms with E-state index in [2.05, 4.69) is 9.73 Å². The van der Waals surface area contributed by atoms with Crippen LogP contribution in [0.1, 0.15) is 20.3 Å². The number of carbonyl (C=O) groups excluding carboxylic acids is 1. The minimum atomic E-state index is -1.52. The molecule has 6 heteroatoms. The highest BCUT2D eigenvalue weighted by atomic mass is 32.2. The van der Waals surface area contributed by atoms with Gasteiger partial charge in [-0.1, -0.05) is 6.92 Å². The zero-order valence-electron chi connectivity index (χ0n) is 10.0. The number of methoxy groups -OCH3 is 1. The van der Waals surface area contributed by atoms with E-state index in [1.165, 1.54) is 7.11 Å². The molecule has 0 aromatic carbocycles. The third kappa shape index (κ3) is 1.93. The van der Waals surface area contributed by atoms with Crippen molar-refractivity contribution >= 4 is 21.9 Å². The monoisotopic (exact) mass is 254 g/mol. The van der Waals surface area contributed by atoms with Gasteiger partial charge < -0.3 is 9.64 Å².